The number of carboxylic acid groups (broad SMARTS) is 1. The van der Waals surface area contributed by atoms with Crippen LogP contribution in [0.5, 0.6) is 0 Å². The summed E-state index contributed by atoms with van der Waals surface area (Å²) in [5.41, 5.74) is -0.0193. The first-order valence-electron chi connectivity index (χ1n) is 9.30. The fraction of sp³-hybridized carbons (Fsp3) is 0.889. The van der Waals surface area contributed by atoms with Gasteiger partial charge in [-0.05, 0) is 39.2 Å². The minimum absolute atomic E-state index is 0.0193. The van der Waals surface area contributed by atoms with Crippen LogP contribution in [0.4, 0.5) is 13.2 Å². The van der Waals surface area contributed by atoms with Gasteiger partial charge in [0.1, 0.15) is 0 Å². The highest BCUT2D eigenvalue weighted by molar-refractivity contribution is 5.89. The van der Waals surface area contributed by atoms with E-state index in [-0.39, 0.29) is 5.41 Å². The summed E-state index contributed by atoms with van der Waals surface area (Å²) < 4.78 is 31.7. The number of rotatable bonds is 5. The van der Waals surface area contributed by atoms with Gasteiger partial charge in [-0.1, -0.05) is 26.7 Å². The second kappa shape index (κ2) is 9.06. The molecule has 1 N–H and O–H groups in total. The number of alkyl halides is 3. The first-order chi connectivity index (χ1) is 12.0. The molecular formula is C18H31F3N2O3. The quantitative estimate of drug-likeness (QED) is 0.743. The van der Waals surface area contributed by atoms with Crippen molar-refractivity contribution < 1.29 is 27.9 Å². The lowest BCUT2D eigenvalue weighted by atomic mass is 9.71. The van der Waals surface area contributed by atoms with Crippen LogP contribution in [0.1, 0.15) is 53.4 Å². The first-order valence-corrected chi connectivity index (χ1v) is 9.30. The standard InChI is InChI=1S/C16H30N2O.C2HF3O2/c1-5-14(6-2)10-17-9-7-8-16(11-17)12-18(13(3)4)15(16)19;3-2(4,5)1(6)7/h13-14H,5-12H2,1-4H3;(H,6,7). The molecule has 0 aromatic rings. The number of hydrogen-bond acceptors (Lipinski definition) is 3. The van der Waals surface area contributed by atoms with Crippen molar-refractivity contribution in [2.24, 2.45) is 11.3 Å². The molecule has 0 aliphatic carbocycles. The average molecular weight is 380 g/mol. The van der Waals surface area contributed by atoms with Gasteiger partial charge in [0, 0.05) is 25.7 Å². The van der Waals surface area contributed by atoms with Gasteiger partial charge in [0.2, 0.25) is 5.91 Å². The molecule has 0 aromatic carbocycles. The number of aliphatic carboxylic acids is 1. The van der Waals surface area contributed by atoms with E-state index in [4.69, 9.17) is 9.90 Å². The molecule has 0 aromatic heterocycles. The zero-order valence-electron chi connectivity index (χ0n) is 16.1. The van der Waals surface area contributed by atoms with Gasteiger partial charge in [0.25, 0.3) is 0 Å². The summed E-state index contributed by atoms with van der Waals surface area (Å²) in [5, 5.41) is 7.12. The van der Waals surface area contributed by atoms with Gasteiger partial charge in [-0.15, -0.1) is 0 Å². The van der Waals surface area contributed by atoms with Crippen LogP contribution in [0.3, 0.4) is 0 Å². The van der Waals surface area contributed by atoms with Crippen molar-refractivity contribution in [2.75, 3.05) is 26.2 Å². The molecule has 8 heteroatoms. The van der Waals surface area contributed by atoms with Crippen LogP contribution in [-0.2, 0) is 9.59 Å². The average Bonchev–Trinajstić information content (AvgIpc) is 2.57. The fourth-order valence-electron chi connectivity index (χ4n) is 3.69. The monoisotopic (exact) mass is 380 g/mol. The summed E-state index contributed by atoms with van der Waals surface area (Å²) in [6.45, 7) is 13.2. The van der Waals surface area contributed by atoms with Crippen LogP contribution in [0.25, 0.3) is 0 Å². The summed E-state index contributed by atoms with van der Waals surface area (Å²) >= 11 is 0. The second-order valence-electron chi connectivity index (χ2n) is 7.63. The van der Waals surface area contributed by atoms with Gasteiger partial charge in [0.05, 0.1) is 5.41 Å². The largest absolute Gasteiger partial charge is 0.490 e. The number of likely N-dealkylation sites (tertiary alicyclic amines) is 2. The number of amides is 1. The molecule has 0 saturated carbocycles. The third kappa shape index (κ3) is 5.59. The van der Waals surface area contributed by atoms with E-state index in [1.54, 1.807) is 0 Å². The molecule has 2 fully saturated rings. The van der Waals surface area contributed by atoms with E-state index in [0.717, 1.165) is 25.4 Å². The molecule has 2 saturated heterocycles. The van der Waals surface area contributed by atoms with E-state index in [1.807, 2.05) is 4.90 Å². The summed E-state index contributed by atoms with van der Waals surface area (Å²) in [6, 6.07) is 0.368. The van der Waals surface area contributed by atoms with Crippen molar-refractivity contribution in [1.82, 2.24) is 9.80 Å². The summed E-state index contributed by atoms with van der Waals surface area (Å²) in [4.78, 5) is 25.9. The fourth-order valence-corrected chi connectivity index (χ4v) is 3.69. The van der Waals surface area contributed by atoms with Crippen LogP contribution >= 0.6 is 0 Å². The summed E-state index contributed by atoms with van der Waals surface area (Å²) in [6.07, 6.45) is -0.273. The molecule has 2 heterocycles. The van der Waals surface area contributed by atoms with Gasteiger partial charge in [-0.25, -0.2) is 4.79 Å². The van der Waals surface area contributed by atoms with Crippen LogP contribution in [0, 0.1) is 11.3 Å². The molecule has 1 atom stereocenters. The Labute approximate surface area is 153 Å². The van der Waals surface area contributed by atoms with E-state index < -0.39 is 12.1 Å². The molecular weight excluding hydrogens is 349 g/mol. The normalized spacial score (nSPS) is 23.9. The number of carbonyl (C=O) groups excluding carboxylic acids is 1. The Kier molecular flexibility index (Phi) is 7.92. The number of hydrogen-bond donors (Lipinski definition) is 1. The van der Waals surface area contributed by atoms with Crippen molar-refractivity contribution in [1.29, 1.82) is 0 Å². The van der Waals surface area contributed by atoms with Crippen molar-refractivity contribution in [3.63, 3.8) is 0 Å². The topological polar surface area (TPSA) is 60.9 Å². The smallest absolute Gasteiger partial charge is 0.475 e. The summed E-state index contributed by atoms with van der Waals surface area (Å²) in [7, 11) is 0. The predicted octanol–water partition coefficient (Wildman–Crippen LogP) is 3.39. The maximum absolute atomic E-state index is 12.4. The first kappa shape index (κ1) is 22.7. The molecule has 0 bridgehead atoms. The van der Waals surface area contributed by atoms with Crippen LogP contribution in [-0.4, -0.2) is 65.2 Å². The SMILES string of the molecule is CCC(CC)CN1CCCC2(C1)CN(C(C)C)C2=O.O=C(O)C(F)(F)F. The maximum atomic E-state index is 12.4. The van der Waals surface area contributed by atoms with Crippen LogP contribution < -0.4 is 0 Å². The third-order valence-electron chi connectivity index (χ3n) is 5.38. The molecule has 2 aliphatic rings. The Morgan fingerprint density at radius 3 is 2.15 bits per heavy atom. The van der Waals surface area contributed by atoms with E-state index in [9.17, 15) is 18.0 Å². The molecule has 1 unspecified atom stereocenters. The van der Waals surface area contributed by atoms with Gasteiger partial charge < -0.3 is 14.9 Å². The van der Waals surface area contributed by atoms with Gasteiger partial charge in [-0.3, -0.25) is 4.79 Å². The Morgan fingerprint density at radius 2 is 1.77 bits per heavy atom. The number of carboxylic acids is 1. The molecule has 5 nitrogen and oxygen atoms in total. The number of piperidine rings is 1. The maximum Gasteiger partial charge on any atom is 0.490 e. The Hall–Kier alpha value is -1.31. The molecule has 1 spiro atoms. The number of β-lactam (4-membered cyclic amide) rings is 1. The second-order valence-corrected chi connectivity index (χ2v) is 7.63. The van der Waals surface area contributed by atoms with Crippen LogP contribution in [0.2, 0.25) is 0 Å². The zero-order valence-corrected chi connectivity index (χ0v) is 16.1. The van der Waals surface area contributed by atoms with E-state index in [1.165, 1.54) is 32.4 Å². The Balaban J connectivity index is 0.000000412. The lowest BCUT2D eigenvalue weighted by Gasteiger charge is -2.55. The lowest BCUT2D eigenvalue weighted by Crippen LogP contribution is -2.68. The van der Waals surface area contributed by atoms with Gasteiger partial charge in [-0.2, -0.15) is 13.2 Å². The van der Waals surface area contributed by atoms with Gasteiger partial charge >= 0.3 is 12.1 Å². The van der Waals surface area contributed by atoms with E-state index >= 15 is 0 Å². The predicted molar refractivity (Wildman–Crippen MR) is 92.7 cm³/mol. The third-order valence-corrected chi connectivity index (χ3v) is 5.38. The van der Waals surface area contributed by atoms with Gasteiger partial charge in [0.15, 0.2) is 0 Å². The number of nitrogens with zero attached hydrogens (tertiary/aromatic N) is 2. The van der Waals surface area contributed by atoms with E-state index in [0.29, 0.717) is 11.9 Å². The molecule has 152 valence electrons. The highest BCUT2D eigenvalue weighted by Crippen LogP contribution is 2.41. The van der Waals surface area contributed by atoms with Crippen LogP contribution in [0.15, 0.2) is 0 Å². The lowest BCUT2D eigenvalue weighted by molar-refractivity contribution is -0.192. The minimum atomic E-state index is -5.08. The number of carbonyl (C=O) groups is 2. The molecule has 26 heavy (non-hydrogen) atoms. The number of halogens is 3. The van der Waals surface area contributed by atoms with E-state index in [2.05, 4.69) is 32.6 Å². The highest BCUT2D eigenvalue weighted by Gasteiger charge is 2.54. The van der Waals surface area contributed by atoms with Crippen molar-refractivity contribution in [2.45, 2.75) is 65.6 Å². The Morgan fingerprint density at radius 1 is 1.23 bits per heavy atom. The highest BCUT2D eigenvalue weighted by atomic mass is 19.4. The molecule has 1 amide bonds. The molecule has 2 aliphatic heterocycles. The zero-order chi connectivity index (χ0) is 20.1. The van der Waals surface area contributed by atoms with Crippen molar-refractivity contribution >= 4 is 11.9 Å². The summed E-state index contributed by atoms with van der Waals surface area (Å²) in [5.74, 6) is -1.55. The van der Waals surface area contributed by atoms with Crippen molar-refractivity contribution in [3.05, 3.63) is 0 Å². The Bertz CT molecular complexity index is 493. The molecule has 0 radical (unpaired) electrons. The minimum Gasteiger partial charge on any atom is -0.475 e. The molecule has 2 rings (SSSR count). The van der Waals surface area contributed by atoms with Crippen molar-refractivity contribution in [3.8, 4) is 0 Å².